The van der Waals surface area contributed by atoms with Gasteiger partial charge in [-0.2, -0.15) is 4.98 Å². The molecule has 1 heterocycles. The van der Waals surface area contributed by atoms with Crippen molar-refractivity contribution in [3.63, 3.8) is 0 Å². The summed E-state index contributed by atoms with van der Waals surface area (Å²) in [5, 5.41) is 10.9. The Bertz CT molecular complexity index is 691. The van der Waals surface area contributed by atoms with Gasteiger partial charge in [0.1, 0.15) is 17.5 Å². The maximum atomic E-state index is 13.2. The SMILES string of the molecule is CC(C)c1nc(N)cc(Oc2cc(F)ccc2[N+](=O)[O-])n1. The molecule has 0 unspecified atom stereocenters. The van der Waals surface area contributed by atoms with Gasteiger partial charge < -0.3 is 10.5 Å². The predicted molar refractivity (Wildman–Crippen MR) is 73.7 cm³/mol. The summed E-state index contributed by atoms with van der Waals surface area (Å²) >= 11 is 0. The van der Waals surface area contributed by atoms with Gasteiger partial charge >= 0.3 is 5.69 Å². The van der Waals surface area contributed by atoms with Crippen molar-refractivity contribution in [1.29, 1.82) is 0 Å². The lowest BCUT2D eigenvalue weighted by Gasteiger charge is -2.09. The lowest BCUT2D eigenvalue weighted by atomic mass is 10.2. The number of nitrogens with two attached hydrogens (primary N) is 1. The Morgan fingerprint density at radius 1 is 1.33 bits per heavy atom. The van der Waals surface area contributed by atoms with Crippen molar-refractivity contribution in [3.05, 3.63) is 46.0 Å². The van der Waals surface area contributed by atoms with Gasteiger partial charge in [-0.15, -0.1) is 0 Å². The quantitative estimate of drug-likeness (QED) is 0.686. The van der Waals surface area contributed by atoms with Gasteiger partial charge in [0.2, 0.25) is 11.6 Å². The normalized spacial score (nSPS) is 10.7. The number of hydrogen-bond acceptors (Lipinski definition) is 6. The molecule has 0 saturated carbocycles. The molecule has 7 nitrogen and oxygen atoms in total. The third kappa shape index (κ3) is 3.41. The summed E-state index contributed by atoms with van der Waals surface area (Å²) < 4.78 is 18.6. The molecule has 1 aromatic carbocycles. The molecule has 2 rings (SSSR count). The predicted octanol–water partition coefficient (Wildman–Crippen LogP) is 3.02. The molecule has 0 atom stereocenters. The summed E-state index contributed by atoms with van der Waals surface area (Å²) in [4.78, 5) is 18.4. The minimum atomic E-state index is -0.664. The first-order valence-electron chi connectivity index (χ1n) is 6.13. The zero-order valence-electron chi connectivity index (χ0n) is 11.4. The van der Waals surface area contributed by atoms with E-state index in [1.54, 1.807) is 0 Å². The van der Waals surface area contributed by atoms with Crippen LogP contribution in [0.2, 0.25) is 0 Å². The van der Waals surface area contributed by atoms with Crippen LogP contribution in [0, 0.1) is 15.9 Å². The van der Waals surface area contributed by atoms with Gasteiger partial charge in [-0.3, -0.25) is 10.1 Å². The Morgan fingerprint density at radius 3 is 2.67 bits per heavy atom. The van der Waals surface area contributed by atoms with Gasteiger partial charge in [0.05, 0.1) is 4.92 Å². The second kappa shape index (κ2) is 5.70. The highest BCUT2D eigenvalue weighted by molar-refractivity contribution is 5.48. The van der Waals surface area contributed by atoms with Crippen LogP contribution in [0.5, 0.6) is 11.6 Å². The van der Waals surface area contributed by atoms with Crippen LogP contribution in [0.3, 0.4) is 0 Å². The Kier molecular flexibility index (Phi) is 3.97. The lowest BCUT2D eigenvalue weighted by molar-refractivity contribution is -0.385. The third-order valence-corrected chi connectivity index (χ3v) is 2.59. The molecule has 1 aromatic heterocycles. The van der Waals surface area contributed by atoms with Gasteiger partial charge in [0.25, 0.3) is 0 Å². The van der Waals surface area contributed by atoms with Gasteiger partial charge in [0.15, 0.2) is 0 Å². The number of benzene rings is 1. The fraction of sp³-hybridized carbons (Fsp3) is 0.231. The highest BCUT2D eigenvalue weighted by atomic mass is 19.1. The Balaban J connectivity index is 2.42. The van der Waals surface area contributed by atoms with E-state index in [0.29, 0.717) is 5.82 Å². The van der Waals surface area contributed by atoms with Crippen molar-refractivity contribution in [2.24, 2.45) is 0 Å². The molecular formula is C13H13FN4O3. The van der Waals surface area contributed by atoms with Crippen LogP contribution in [0.15, 0.2) is 24.3 Å². The number of nitro groups is 1. The maximum absolute atomic E-state index is 13.2. The highest BCUT2D eigenvalue weighted by Crippen LogP contribution is 2.31. The van der Waals surface area contributed by atoms with Crippen molar-refractivity contribution in [2.45, 2.75) is 19.8 Å². The summed E-state index contributed by atoms with van der Waals surface area (Å²) in [6.45, 7) is 3.73. The van der Waals surface area contributed by atoms with E-state index in [1.807, 2.05) is 13.8 Å². The number of ether oxygens (including phenoxy) is 1. The summed E-state index contributed by atoms with van der Waals surface area (Å²) in [6, 6.07) is 4.25. The first-order chi connectivity index (χ1) is 9.86. The first-order valence-corrected chi connectivity index (χ1v) is 6.13. The molecular weight excluding hydrogens is 279 g/mol. The summed E-state index contributed by atoms with van der Waals surface area (Å²) in [7, 11) is 0. The molecule has 0 fully saturated rings. The number of nitro benzene ring substituents is 1. The van der Waals surface area contributed by atoms with E-state index in [2.05, 4.69) is 9.97 Å². The molecule has 0 spiro atoms. The lowest BCUT2D eigenvalue weighted by Crippen LogP contribution is -2.03. The van der Waals surface area contributed by atoms with Crippen molar-refractivity contribution in [3.8, 4) is 11.6 Å². The van der Waals surface area contributed by atoms with E-state index in [4.69, 9.17) is 10.5 Å². The number of nitrogens with zero attached hydrogens (tertiary/aromatic N) is 3. The summed E-state index contributed by atoms with van der Waals surface area (Å²) in [6.07, 6.45) is 0. The van der Waals surface area contributed by atoms with E-state index in [-0.39, 0.29) is 29.1 Å². The van der Waals surface area contributed by atoms with Gasteiger partial charge in [-0.1, -0.05) is 13.8 Å². The molecule has 0 amide bonds. The number of rotatable bonds is 4. The van der Waals surface area contributed by atoms with E-state index in [9.17, 15) is 14.5 Å². The minimum Gasteiger partial charge on any atom is -0.431 e. The molecule has 0 bridgehead atoms. The number of anilines is 1. The molecule has 0 radical (unpaired) electrons. The molecule has 21 heavy (non-hydrogen) atoms. The Labute approximate surface area is 119 Å². The fourth-order valence-electron chi connectivity index (χ4n) is 1.60. The minimum absolute atomic E-state index is 0.00153. The van der Waals surface area contributed by atoms with Crippen LogP contribution in [-0.4, -0.2) is 14.9 Å². The van der Waals surface area contributed by atoms with Gasteiger partial charge in [0, 0.05) is 24.1 Å². The van der Waals surface area contributed by atoms with Gasteiger partial charge in [-0.25, -0.2) is 9.37 Å². The average molecular weight is 292 g/mol. The molecule has 0 aliphatic carbocycles. The van der Waals surface area contributed by atoms with Crippen LogP contribution in [0.4, 0.5) is 15.9 Å². The highest BCUT2D eigenvalue weighted by Gasteiger charge is 2.18. The molecule has 0 aliphatic heterocycles. The van der Waals surface area contributed by atoms with Crippen molar-refractivity contribution in [1.82, 2.24) is 9.97 Å². The molecule has 2 aromatic rings. The maximum Gasteiger partial charge on any atom is 0.311 e. The Morgan fingerprint density at radius 2 is 2.05 bits per heavy atom. The van der Waals surface area contributed by atoms with Crippen LogP contribution in [-0.2, 0) is 0 Å². The monoisotopic (exact) mass is 292 g/mol. The molecule has 110 valence electrons. The van der Waals surface area contributed by atoms with Crippen LogP contribution in [0.25, 0.3) is 0 Å². The summed E-state index contributed by atoms with van der Waals surface area (Å²) in [5.41, 5.74) is 5.28. The third-order valence-electron chi connectivity index (χ3n) is 2.59. The number of nitrogen functional groups attached to an aromatic ring is 1. The molecule has 0 aliphatic rings. The average Bonchev–Trinajstić information content (AvgIpc) is 2.37. The van der Waals surface area contributed by atoms with Crippen LogP contribution < -0.4 is 10.5 Å². The number of hydrogen-bond donors (Lipinski definition) is 1. The van der Waals surface area contributed by atoms with Crippen LogP contribution in [0.1, 0.15) is 25.6 Å². The van der Waals surface area contributed by atoms with E-state index in [0.717, 1.165) is 18.2 Å². The fourth-order valence-corrected chi connectivity index (χ4v) is 1.60. The second-order valence-electron chi connectivity index (χ2n) is 4.62. The largest absolute Gasteiger partial charge is 0.431 e. The van der Waals surface area contributed by atoms with E-state index >= 15 is 0 Å². The van der Waals surface area contributed by atoms with E-state index in [1.165, 1.54) is 6.07 Å². The topological polar surface area (TPSA) is 104 Å². The second-order valence-corrected chi connectivity index (χ2v) is 4.62. The van der Waals surface area contributed by atoms with Crippen molar-refractivity contribution in [2.75, 3.05) is 5.73 Å². The Hall–Kier alpha value is -2.77. The first kappa shape index (κ1) is 14.6. The van der Waals surface area contributed by atoms with Crippen LogP contribution >= 0.6 is 0 Å². The molecule has 0 saturated heterocycles. The standard InChI is InChI=1S/C13H13FN4O3/c1-7(2)13-16-11(15)6-12(17-13)21-10-5-8(14)3-4-9(10)18(19)20/h3-7H,1-2H3,(H2,15,16,17). The number of halogens is 1. The molecule has 2 N–H and O–H groups in total. The smallest absolute Gasteiger partial charge is 0.311 e. The zero-order chi connectivity index (χ0) is 15.6. The van der Waals surface area contributed by atoms with Crippen molar-refractivity contribution < 1.29 is 14.1 Å². The van der Waals surface area contributed by atoms with Crippen molar-refractivity contribution >= 4 is 11.5 Å². The van der Waals surface area contributed by atoms with Gasteiger partial charge in [-0.05, 0) is 6.07 Å². The zero-order valence-corrected chi connectivity index (χ0v) is 11.4. The number of aromatic nitrogens is 2. The summed E-state index contributed by atoms with van der Waals surface area (Å²) in [5.74, 6) is -0.264. The molecule has 8 heteroatoms. The van der Waals surface area contributed by atoms with E-state index < -0.39 is 10.7 Å².